The molecule has 0 fully saturated rings. The van der Waals surface area contributed by atoms with Gasteiger partial charge in [-0.2, -0.15) is 0 Å². The van der Waals surface area contributed by atoms with E-state index in [1.54, 1.807) is 6.07 Å². The molecule has 0 spiro atoms. The van der Waals surface area contributed by atoms with Crippen LogP contribution in [0.3, 0.4) is 0 Å². The van der Waals surface area contributed by atoms with Gasteiger partial charge in [0.15, 0.2) is 0 Å². The van der Waals surface area contributed by atoms with Crippen LogP contribution in [-0.2, 0) is 6.42 Å². The molecule has 3 rings (SSSR count). The van der Waals surface area contributed by atoms with Crippen molar-refractivity contribution < 1.29 is 4.39 Å². The Morgan fingerprint density at radius 1 is 1.20 bits per heavy atom. The Hall–Kier alpha value is -2.36. The lowest BCUT2D eigenvalue weighted by atomic mass is 10.1. The summed E-state index contributed by atoms with van der Waals surface area (Å²) < 4.78 is 13.0. The summed E-state index contributed by atoms with van der Waals surface area (Å²) in [6.45, 7) is 2.69. The first-order valence-corrected chi connectivity index (χ1v) is 6.66. The molecule has 3 nitrogen and oxygen atoms in total. The van der Waals surface area contributed by atoms with Crippen molar-refractivity contribution in [3.05, 3.63) is 59.4 Å². The molecule has 4 heteroatoms. The Labute approximate surface area is 116 Å². The van der Waals surface area contributed by atoms with Crippen molar-refractivity contribution in [3.63, 3.8) is 0 Å². The Balaban J connectivity index is 1.64. The zero-order chi connectivity index (χ0) is 13.9. The molecule has 1 heterocycles. The third-order valence-corrected chi connectivity index (χ3v) is 3.38. The average Bonchev–Trinajstić information content (AvgIpc) is 2.84. The van der Waals surface area contributed by atoms with E-state index in [0.29, 0.717) is 0 Å². The van der Waals surface area contributed by atoms with Gasteiger partial charge in [-0.15, -0.1) is 0 Å². The molecule has 1 aromatic heterocycles. The van der Waals surface area contributed by atoms with Crippen molar-refractivity contribution in [2.24, 2.45) is 0 Å². The van der Waals surface area contributed by atoms with Gasteiger partial charge < -0.3 is 10.3 Å². The van der Waals surface area contributed by atoms with Gasteiger partial charge >= 0.3 is 0 Å². The highest BCUT2D eigenvalue weighted by molar-refractivity contribution is 5.77. The second kappa shape index (κ2) is 5.33. The third kappa shape index (κ3) is 2.64. The number of aromatic nitrogens is 2. The van der Waals surface area contributed by atoms with E-state index in [1.165, 1.54) is 6.07 Å². The summed E-state index contributed by atoms with van der Waals surface area (Å²) in [4.78, 5) is 7.68. The lowest BCUT2D eigenvalue weighted by Gasteiger charge is -2.06. The summed E-state index contributed by atoms with van der Waals surface area (Å²) in [5.74, 6) is 0.586. The van der Waals surface area contributed by atoms with E-state index in [1.807, 2.05) is 37.3 Å². The van der Waals surface area contributed by atoms with E-state index in [9.17, 15) is 4.39 Å². The molecule has 0 atom stereocenters. The van der Waals surface area contributed by atoms with Crippen LogP contribution in [0.25, 0.3) is 11.0 Å². The molecule has 102 valence electrons. The van der Waals surface area contributed by atoms with Crippen LogP contribution in [0.5, 0.6) is 0 Å². The highest BCUT2D eigenvalue weighted by Crippen LogP contribution is 2.14. The van der Waals surface area contributed by atoms with Crippen molar-refractivity contribution in [2.45, 2.75) is 13.3 Å². The minimum Gasteiger partial charge on any atom is -0.355 e. The highest BCUT2D eigenvalue weighted by atomic mass is 19.1. The van der Waals surface area contributed by atoms with Crippen LogP contribution in [-0.4, -0.2) is 16.5 Å². The molecule has 2 N–H and O–H groups in total. The smallest absolute Gasteiger partial charge is 0.201 e. The molecular formula is C16H16FN3. The van der Waals surface area contributed by atoms with Gasteiger partial charge in [0.05, 0.1) is 11.0 Å². The SMILES string of the molecule is Cc1cc(F)ccc1CCNc1nc2ccccc2[nH]1. The summed E-state index contributed by atoms with van der Waals surface area (Å²) >= 11 is 0. The summed E-state index contributed by atoms with van der Waals surface area (Å²) in [6, 6.07) is 12.8. The fraction of sp³-hybridized carbons (Fsp3) is 0.188. The monoisotopic (exact) mass is 269 g/mol. The largest absolute Gasteiger partial charge is 0.355 e. The first-order chi connectivity index (χ1) is 9.72. The van der Waals surface area contributed by atoms with Gasteiger partial charge in [-0.25, -0.2) is 9.37 Å². The van der Waals surface area contributed by atoms with Crippen molar-refractivity contribution in [3.8, 4) is 0 Å². The van der Waals surface area contributed by atoms with Gasteiger partial charge in [0, 0.05) is 6.54 Å². The minimum atomic E-state index is -0.184. The lowest BCUT2D eigenvalue weighted by molar-refractivity contribution is 0.625. The molecule has 0 aliphatic carbocycles. The number of hydrogen-bond donors (Lipinski definition) is 2. The number of fused-ring (bicyclic) bond motifs is 1. The van der Waals surface area contributed by atoms with Crippen LogP contribution >= 0.6 is 0 Å². The van der Waals surface area contributed by atoms with Crippen LogP contribution in [0.15, 0.2) is 42.5 Å². The molecule has 2 aromatic carbocycles. The quantitative estimate of drug-likeness (QED) is 0.758. The fourth-order valence-corrected chi connectivity index (χ4v) is 2.29. The maximum Gasteiger partial charge on any atom is 0.201 e. The van der Waals surface area contributed by atoms with Crippen LogP contribution < -0.4 is 5.32 Å². The summed E-state index contributed by atoms with van der Waals surface area (Å²) in [5, 5.41) is 3.26. The standard InChI is InChI=1S/C16H16FN3/c1-11-10-13(17)7-6-12(11)8-9-18-16-19-14-4-2-3-5-15(14)20-16/h2-7,10H,8-9H2,1H3,(H2,18,19,20). The predicted molar refractivity (Wildman–Crippen MR) is 79.4 cm³/mol. The number of anilines is 1. The van der Waals surface area contributed by atoms with Crippen LogP contribution in [0.2, 0.25) is 0 Å². The number of H-pyrrole nitrogens is 1. The number of para-hydroxylation sites is 2. The van der Waals surface area contributed by atoms with Crippen LogP contribution in [0.4, 0.5) is 10.3 Å². The lowest BCUT2D eigenvalue weighted by Crippen LogP contribution is -2.07. The van der Waals surface area contributed by atoms with Crippen molar-refractivity contribution in [2.75, 3.05) is 11.9 Å². The first-order valence-electron chi connectivity index (χ1n) is 6.66. The predicted octanol–water partition coefficient (Wildman–Crippen LogP) is 3.67. The molecule has 20 heavy (non-hydrogen) atoms. The maximum atomic E-state index is 13.0. The number of benzene rings is 2. The molecule has 0 amide bonds. The maximum absolute atomic E-state index is 13.0. The molecular weight excluding hydrogens is 253 g/mol. The third-order valence-electron chi connectivity index (χ3n) is 3.38. The Kier molecular flexibility index (Phi) is 3.37. The van der Waals surface area contributed by atoms with E-state index in [-0.39, 0.29) is 5.82 Å². The van der Waals surface area contributed by atoms with Gasteiger partial charge in [0.2, 0.25) is 5.95 Å². The summed E-state index contributed by atoms with van der Waals surface area (Å²) in [5.41, 5.74) is 4.10. The van der Waals surface area contributed by atoms with Gasteiger partial charge in [-0.05, 0) is 48.7 Å². The van der Waals surface area contributed by atoms with Crippen LogP contribution in [0, 0.1) is 12.7 Å². The second-order valence-electron chi connectivity index (χ2n) is 4.85. The van der Waals surface area contributed by atoms with Crippen molar-refractivity contribution in [1.29, 1.82) is 0 Å². The molecule has 3 aromatic rings. The van der Waals surface area contributed by atoms with E-state index in [4.69, 9.17) is 0 Å². The van der Waals surface area contributed by atoms with E-state index in [0.717, 1.165) is 41.1 Å². The normalized spacial score (nSPS) is 10.9. The number of aromatic amines is 1. The molecule has 0 aliphatic rings. The van der Waals surface area contributed by atoms with Gasteiger partial charge in [-0.1, -0.05) is 18.2 Å². The number of aryl methyl sites for hydroxylation is 1. The molecule has 0 saturated heterocycles. The number of rotatable bonds is 4. The summed E-state index contributed by atoms with van der Waals surface area (Å²) in [6.07, 6.45) is 0.836. The Bertz CT molecular complexity index is 700. The number of hydrogen-bond acceptors (Lipinski definition) is 2. The minimum absolute atomic E-state index is 0.184. The molecule has 0 aliphatic heterocycles. The Morgan fingerprint density at radius 3 is 2.85 bits per heavy atom. The zero-order valence-corrected chi connectivity index (χ0v) is 11.3. The summed E-state index contributed by atoms with van der Waals surface area (Å²) in [7, 11) is 0. The van der Waals surface area contributed by atoms with Crippen molar-refractivity contribution >= 4 is 17.0 Å². The molecule has 0 saturated carbocycles. The topological polar surface area (TPSA) is 40.7 Å². The molecule has 0 bridgehead atoms. The number of nitrogens with zero attached hydrogens (tertiary/aromatic N) is 1. The highest BCUT2D eigenvalue weighted by Gasteiger charge is 2.03. The molecule has 0 unspecified atom stereocenters. The van der Waals surface area contributed by atoms with Gasteiger partial charge in [0.25, 0.3) is 0 Å². The van der Waals surface area contributed by atoms with Gasteiger partial charge in [0.1, 0.15) is 5.82 Å². The van der Waals surface area contributed by atoms with Crippen molar-refractivity contribution in [1.82, 2.24) is 9.97 Å². The number of nitrogens with one attached hydrogen (secondary N) is 2. The fourth-order valence-electron chi connectivity index (χ4n) is 2.29. The van der Waals surface area contributed by atoms with Crippen LogP contribution in [0.1, 0.15) is 11.1 Å². The van der Waals surface area contributed by atoms with E-state index in [2.05, 4.69) is 15.3 Å². The van der Waals surface area contributed by atoms with E-state index >= 15 is 0 Å². The second-order valence-corrected chi connectivity index (χ2v) is 4.85. The number of halogens is 1. The van der Waals surface area contributed by atoms with Gasteiger partial charge in [-0.3, -0.25) is 0 Å². The Morgan fingerprint density at radius 2 is 2.05 bits per heavy atom. The van der Waals surface area contributed by atoms with E-state index < -0.39 is 0 Å². The zero-order valence-electron chi connectivity index (χ0n) is 11.3. The first kappa shape index (κ1) is 12.7. The molecule has 0 radical (unpaired) electrons. The number of imidazole rings is 1. The average molecular weight is 269 g/mol.